The van der Waals surface area contributed by atoms with Crippen LogP contribution in [0.1, 0.15) is 43.9 Å². The Hall–Kier alpha value is -2.76. The van der Waals surface area contributed by atoms with Crippen molar-refractivity contribution in [2.75, 3.05) is 11.9 Å². The molecule has 1 aliphatic heterocycles. The van der Waals surface area contributed by atoms with Gasteiger partial charge in [0.25, 0.3) is 0 Å². The molecular formula is C22H25FN2O3. The predicted molar refractivity (Wildman–Crippen MR) is 105 cm³/mol. The summed E-state index contributed by atoms with van der Waals surface area (Å²) in [5.41, 5.74) is 2.48. The molecule has 0 radical (unpaired) electrons. The van der Waals surface area contributed by atoms with Gasteiger partial charge in [0.05, 0.1) is 12.3 Å². The molecule has 1 heterocycles. The molecule has 2 atom stereocenters. The first-order valence-electron chi connectivity index (χ1n) is 9.82. The van der Waals surface area contributed by atoms with Crippen molar-refractivity contribution in [3.05, 3.63) is 53.3 Å². The maximum Gasteiger partial charge on any atom is 0.247 e. The van der Waals surface area contributed by atoms with Crippen molar-refractivity contribution >= 4 is 11.6 Å². The molecule has 148 valence electrons. The molecule has 0 unspecified atom stereocenters. The number of hydrogen-bond donors (Lipinski definition) is 2. The third kappa shape index (κ3) is 4.06. The molecule has 4 rings (SSSR count). The average molecular weight is 384 g/mol. The fourth-order valence-corrected chi connectivity index (χ4v) is 3.45. The van der Waals surface area contributed by atoms with Crippen molar-refractivity contribution in [3.63, 3.8) is 0 Å². The molecule has 2 N–H and O–H groups in total. The summed E-state index contributed by atoms with van der Waals surface area (Å²) in [4.78, 5) is 12.9. The molecule has 0 bridgehead atoms. The van der Waals surface area contributed by atoms with Crippen LogP contribution >= 0.6 is 0 Å². The Morgan fingerprint density at radius 3 is 2.71 bits per heavy atom. The highest BCUT2D eigenvalue weighted by molar-refractivity contribution is 5.87. The van der Waals surface area contributed by atoms with Crippen molar-refractivity contribution in [1.82, 2.24) is 5.32 Å². The van der Waals surface area contributed by atoms with Gasteiger partial charge in [-0.25, -0.2) is 4.39 Å². The number of benzene rings is 2. The van der Waals surface area contributed by atoms with Crippen LogP contribution < -0.4 is 20.1 Å². The first-order chi connectivity index (χ1) is 13.5. The van der Waals surface area contributed by atoms with Crippen molar-refractivity contribution < 1.29 is 18.7 Å². The van der Waals surface area contributed by atoms with E-state index >= 15 is 0 Å². The topological polar surface area (TPSA) is 59.6 Å². The summed E-state index contributed by atoms with van der Waals surface area (Å²) >= 11 is 0. The van der Waals surface area contributed by atoms with E-state index in [4.69, 9.17) is 9.47 Å². The SMILES string of the molecule is CCOc1cc2c(cc1N[C@@H](C(=O)NC1CC1)c1ccc(F)cc1)O[C@@H](C)C2. The highest BCUT2D eigenvalue weighted by Gasteiger charge is 2.30. The number of rotatable bonds is 7. The Bertz CT molecular complexity index is 865. The monoisotopic (exact) mass is 384 g/mol. The molecule has 5 nitrogen and oxygen atoms in total. The highest BCUT2D eigenvalue weighted by atomic mass is 19.1. The highest BCUT2D eigenvalue weighted by Crippen LogP contribution is 2.39. The first kappa shape index (κ1) is 18.6. The van der Waals surface area contributed by atoms with Crippen LogP contribution in [0.4, 0.5) is 10.1 Å². The van der Waals surface area contributed by atoms with Crippen molar-refractivity contribution in [3.8, 4) is 11.5 Å². The Balaban J connectivity index is 1.66. The van der Waals surface area contributed by atoms with Gasteiger partial charge in [0.1, 0.15) is 29.5 Å². The van der Waals surface area contributed by atoms with E-state index in [0.717, 1.165) is 30.6 Å². The smallest absolute Gasteiger partial charge is 0.247 e. The second-order valence-electron chi connectivity index (χ2n) is 7.43. The third-order valence-electron chi connectivity index (χ3n) is 4.99. The van der Waals surface area contributed by atoms with E-state index in [1.165, 1.54) is 12.1 Å². The van der Waals surface area contributed by atoms with E-state index in [9.17, 15) is 9.18 Å². The first-order valence-corrected chi connectivity index (χ1v) is 9.82. The fraction of sp³-hybridized carbons (Fsp3) is 0.409. The summed E-state index contributed by atoms with van der Waals surface area (Å²) in [6.45, 7) is 4.46. The maximum absolute atomic E-state index is 13.4. The van der Waals surface area contributed by atoms with Crippen LogP contribution in [0.25, 0.3) is 0 Å². The lowest BCUT2D eigenvalue weighted by Gasteiger charge is -2.22. The molecule has 28 heavy (non-hydrogen) atoms. The lowest BCUT2D eigenvalue weighted by atomic mass is 10.0. The predicted octanol–water partition coefficient (Wildman–Crippen LogP) is 3.98. The number of ether oxygens (including phenoxy) is 2. The van der Waals surface area contributed by atoms with E-state index < -0.39 is 6.04 Å². The van der Waals surface area contributed by atoms with E-state index in [-0.39, 0.29) is 23.9 Å². The third-order valence-corrected chi connectivity index (χ3v) is 4.99. The second-order valence-corrected chi connectivity index (χ2v) is 7.43. The van der Waals surface area contributed by atoms with Gasteiger partial charge in [-0.05, 0) is 50.5 Å². The Morgan fingerprint density at radius 2 is 2.04 bits per heavy atom. The minimum atomic E-state index is -0.655. The molecular weight excluding hydrogens is 359 g/mol. The van der Waals surface area contributed by atoms with Gasteiger partial charge in [0, 0.05) is 24.1 Å². The van der Waals surface area contributed by atoms with Crippen LogP contribution in [0.5, 0.6) is 11.5 Å². The largest absolute Gasteiger partial charge is 0.492 e. The fourth-order valence-electron chi connectivity index (χ4n) is 3.45. The Morgan fingerprint density at radius 1 is 1.29 bits per heavy atom. The molecule has 0 aromatic heterocycles. The van der Waals surface area contributed by atoms with Crippen LogP contribution in [0, 0.1) is 5.82 Å². The molecule has 1 amide bonds. The maximum atomic E-state index is 13.4. The lowest BCUT2D eigenvalue weighted by molar-refractivity contribution is -0.122. The number of nitrogens with one attached hydrogen (secondary N) is 2. The summed E-state index contributed by atoms with van der Waals surface area (Å²) in [6, 6.07) is 9.44. The second kappa shape index (κ2) is 7.70. The quantitative estimate of drug-likeness (QED) is 0.758. The molecule has 2 aromatic rings. The number of carbonyl (C=O) groups is 1. The number of anilines is 1. The zero-order chi connectivity index (χ0) is 19.7. The standard InChI is InChI=1S/C22H25FN2O3/c1-3-27-20-11-15-10-13(2)28-19(15)12-18(20)25-21(22(26)24-17-8-9-17)14-4-6-16(23)7-5-14/h4-7,11-13,17,21,25H,3,8-10H2,1-2H3,(H,24,26)/t13-,21+/m0/s1. The van der Waals surface area contributed by atoms with Crippen molar-refractivity contribution in [1.29, 1.82) is 0 Å². The van der Waals surface area contributed by atoms with Crippen LogP contribution in [0.15, 0.2) is 36.4 Å². The van der Waals surface area contributed by atoms with Crippen LogP contribution in [-0.4, -0.2) is 24.7 Å². The van der Waals surface area contributed by atoms with Gasteiger partial charge in [0.15, 0.2) is 0 Å². The normalized spacial score (nSPS) is 18.8. The van der Waals surface area contributed by atoms with Crippen molar-refractivity contribution in [2.45, 2.75) is 51.3 Å². The number of amides is 1. The minimum Gasteiger partial charge on any atom is -0.492 e. The van der Waals surface area contributed by atoms with Crippen LogP contribution in [0.2, 0.25) is 0 Å². The molecule has 1 saturated carbocycles. The van der Waals surface area contributed by atoms with Gasteiger partial charge in [-0.3, -0.25) is 4.79 Å². The molecule has 1 fully saturated rings. The van der Waals surface area contributed by atoms with Gasteiger partial charge in [-0.2, -0.15) is 0 Å². The summed E-state index contributed by atoms with van der Waals surface area (Å²) in [7, 11) is 0. The Labute approximate surface area is 164 Å². The number of fused-ring (bicyclic) bond motifs is 1. The summed E-state index contributed by atoms with van der Waals surface area (Å²) < 4.78 is 25.1. The van der Waals surface area contributed by atoms with Crippen LogP contribution in [0.3, 0.4) is 0 Å². The van der Waals surface area contributed by atoms with Crippen LogP contribution in [-0.2, 0) is 11.2 Å². The Kier molecular flexibility index (Phi) is 5.11. The average Bonchev–Trinajstić information content (AvgIpc) is 3.40. The lowest BCUT2D eigenvalue weighted by Crippen LogP contribution is -2.35. The van der Waals surface area contributed by atoms with Crippen molar-refractivity contribution in [2.24, 2.45) is 0 Å². The van der Waals surface area contributed by atoms with Gasteiger partial charge in [-0.15, -0.1) is 0 Å². The number of carbonyl (C=O) groups excluding carboxylic acids is 1. The summed E-state index contributed by atoms with van der Waals surface area (Å²) in [5, 5.41) is 6.34. The number of hydrogen-bond acceptors (Lipinski definition) is 4. The van der Waals surface area contributed by atoms with E-state index in [1.54, 1.807) is 12.1 Å². The molecule has 2 aromatic carbocycles. The van der Waals surface area contributed by atoms with E-state index in [2.05, 4.69) is 10.6 Å². The molecule has 0 spiro atoms. The molecule has 2 aliphatic rings. The minimum absolute atomic E-state index is 0.116. The molecule has 0 saturated heterocycles. The summed E-state index contributed by atoms with van der Waals surface area (Å²) in [6.07, 6.45) is 2.94. The summed E-state index contributed by atoms with van der Waals surface area (Å²) in [5.74, 6) is 1.02. The number of halogens is 1. The van der Waals surface area contributed by atoms with E-state index in [1.807, 2.05) is 26.0 Å². The zero-order valence-electron chi connectivity index (χ0n) is 16.1. The van der Waals surface area contributed by atoms with Gasteiger partial charge < -0.3 is 20.1 Å². The van der Waals surface area contributed by atoms with E-state index in [0.29, 0.717) is 23.6 Å². The van der Waals surface area contributed by atoms with Gasteiger partial charge in [0.2, 0.25) is 5.91 Å². The van der Waals surface area contributed by atoms with Gasteiger partial charge >= 0.3 is 0 Å². The molecule has 6 heteroatoms. The van der Waals surface area contributed by atoms with Gasteiger partial charge in [-0.1, -0.05) is 12.1 Å². The molecule has 1 aliphatic carbocycles. The zero-order valence-corrected chi connectivity index (χ0v) is 16.1.